The normalized spacial score (nSPS) is 10.7. The van der Waals surface area contributed by atoms with Crippen LogP contribution in [0.3, 0.4) is 0 Å². The molecule has 0 aliphatic heterocycles. The highest BCUT2D eigenvalue weighted by atomic mass is 32.1. The Balaban J connectivity index is 1.86. The van der Waals surface area contributed by atoms with Gasteiger partial charge in [-0.15, -0.1) is 0 Å². The van der Waals surface area contributed by atoms with Crippen LogP contribution in [0.5, 0.6) is 11.5 Å². The van der Waals surface area contributed by atoms with Crippen LogP contribution in [0.1, 0.15) is 10.4 Å². The Morgan fingerprint density at radius 3 is 2.65 bits per heavy atom. The number of para-hydroxylation sites is 2. The van der Waals surface area contributed by atoms with Gasteiger partial charge >= 0.3 is 5.97 Å². The van der Waals surface area contributed by atoms with Gasteiger partial charge in [0, 0.05) is 0 Å². The minimum atomic E-state index is -1.07. The molecule has 1 aromatic heterocycles. The standard InChI is InChI=1S/C18H16N2O5S/c1-24-14-4-2-3-5-15(14)25-9-8-20-16(21)12-7-6-11(17(22)23)10-13(12)19-18(20)26/h2-7,10H,8-9H2,1H3,(H,19,26)(H,22,23). The van der Waals surface area contributed by atoms with Crippen LogP contribution >= 0.6 is 12.2 Å². The van der Waals surface area contributed by atoms with E-state index in [1.165, 1.54) is 22.8 Å². The Bertz CT molecular complexity index is 1090. The first-order valence-electron chi connectivity index (χ1n) is 7.77. The molecule has 2 N–H and O–H groups in total. The Kier molecular flexibility index (Phi) is 5.04. The van der Waals surface area contributed by atoms with Gasteiger partial charge in [0.1, 0.15) is 6.61 Å². The Labute approximate surface area is 153 Å². The Morgan fingerprint density at radius 1 is 1.23 bits per heavy atom. The summed E-state index contributed by atoms with van der Waals surface area (Å²) >= 11 is 5.23. The zero-order valence-corrected chi connectivity index (χ0v) is 14.7. The van der Waals surface area contributed by atoms with Gasteiger partial charge in [0.25, 0.3) is 5.56 Å². The number of ether oxygens (including phenoxy) is 2. The summed E-state index contributed by atoms with van der Waals surface area (Å²) in [6.45, 7) is 0.458. The molecule has 3 aromatic rings. The number of benzene rings is 2. The maximum Gasteiger partial charge on any atom is 0.335 e. The van der Waals surface area contributed by atoms with Gasteiger partial charge in [-0.05, 0) is 42.5 Å². The van der Waals surface area contributed by atoms with Gasteiger partial charge < -0.3 is 19.6 Å². The van der Waals surface area contributed by atoms with Crippen molar-refractivity contribution in [2.45, 2.75) is 6.54 Å². The van der Waals surface area contributed by atoms with Crippen molar-refractivity contribution in [1.82, 2.24) is 9.55 Å². The molecule has 0 amide bonds. The van der Waals surface area contributed by atoms with E-state index in [0.717, 1.165) is 0 Å². The fourth-order valence-electron chi connectivity index (χ4n) is 2.58. The van der Waals surface area contributed by atoms with Crippen molar-refractivity contribution < 1.29 is 19.4 Å². The van der Waals surface area contributed by atoms with E-state index >= 15 is 0 Å². The number of nitrogens with zero attached hydrogens (tertiary/aromatic N) is 1. The largest absolute Gasteiger partial charge is 0.493 e. The van der Waals surface area contributed by atoms with E-state index in [9.17, 15) is 9.59 Å². The molecule has 0 atom stereocenters. The van der Waals surface area contributed by atoms with Crippen LogP contribution in [0, 0.1) is 4.77 Å². The maximum absolute atomic E-state index is 12.6. The summed E-state index contributed by atoms with van der Waals surface area (Å²) in [6.07, 6.45) is 0. The van der Waals surface area contributed by atoms with Gasteiger partial charge in [-0.3, -0.25) is 9.36 Å². The zero-order chi connectivity index (χ0) is 18.7. The first-order chi connectivity index (χ1) is 12.5. The zero-order valence-electron chi connectivity index (χ0n) is 13.9. The lowest BCUT2D eigenvalue weighted by atomic mass is 10.1. The second-order valence-corrected chi connectivity index (χ2v) is 5.84. The number of hydrogen-bond acceptors (Lipinski definition) is 5. The van der Waals surface area contributed by atoms with Crippen LogP contribution in [-0.2, 0) is 6.54 Å². The lowest BCUT2D eigenvalue weighted by molar-refractivity contribution is 0.0697. The molecule has 1 heterocycles. The van der Waals surface area contributed by atoms with Crippen LogP contribution in [0.2, 0.25) is 0 Å². The highest BCUT2D eigenvalue weighted by Gasteiger charge is 2.10. The van der Waals surface area contributed by atoms with Gasteiger partial charge in [0.05, 0.1) is 30.1 Å². The molecule has 0 radical (unpaired) electrons. The smallest absolute Gasteiger partial charge is 0.335 e. The number of aromatic amines is 1. The number of rotatable bonds is 6. The third kappa shape index (κ3) is 3.45. The van der Waals surface area contributed by atoms with Gasteiger partial charge in [-0.2, -0.15) is 0 Å². The van der Waals surface area contributed by atoms with Gasteiger partial charge in [0.2, 0.25) is 0 Å². The maximum atomic E-state index is 12.6. The summed E-state index contributed by atoms with van der Waals surface area (Å²) in [4.78, 5) is 26.6. The molecule has 3 rings (SSSR count). The summed E-state index contributed by atoms with van der Waals surface area (Å²) in [5, 5.41) is 9.42. The lowest BCUT2D eigenvalue weighted by Crippen LogP contribution is -2.25. The number of carboxylic acid groups (broad SMARTS) is 1. The Hall–Kier alpha value is -3.13. The highest BCUT2D eigenvalue weighted by molar-refractivity contribution is 7.71. The number of nitrogens with one attached hydrogen (secondary N) is 1. The quantitative estimate of drug-likeness (QED) is 0.646. The summed E-state index contributed by atoms with van der Waals surface area (Å²) in [5.74, 6) is 0.107. The molecule has 0 aliphatic rings. The van der Waals surface area contributed by atoms with Crippen LogP contribution in [0.15, 0.2) is 47.3 Å². The van der Waals surface area contributed by atoms with Gasteiger partial charge in [0.15, 0.2) is 16.3 Å². The molecule has 0 bridgehead atoms. The third-order valence-electron chi connectivity index (χ3n) is 3.87. The number of hydrogen-bond donors (Lipinski definition) is 2. The van der Waals surface area contributed by atoms with Crippen molar-refractivity contribution in [1.29, 1.82) is 0 Å². The van der Waals surface area contributed by atoms with Crippen molar-refractivity contribution >= 4 is 29.1 Å². The highest BCUT2D eigenvalue weighted by Crippen LogP contribution is 2.25. The number of aromatic carboxylic acids is 1. The van der Waals surface area contributed by atoms with E-state index in [4.69, 9.17) is 26.8 Å². The van der Waals surface area contributed by atoms with E-state index < -0.39 is 5.97 Å². The molecule has 0 spiro atoms. The SMILES string of the molecule is COc1ccccc1OCCn1c(=S)[nH]c2cc(C(=O)O)ccc2c1=O. The summed E-state index contributed by atoms with van der Waals surface area (Å²) in [6, 6.07) is 11.5. The number of fused-ring (bicyclic) bond motifs is 1. The minimum absolute atomic E-state index is 0.0832. The van der Waals surface area contributed by atoms with E-state index in [1.807, 2.05) is 12.1 Å². The van der Waals surface area contributed by atoms with E-state index in [-0.39, 0.29) is 29.0 Å². The van der Waals surface area contributed by atoms with Gasteiger partial charge in [-0.1, -0.05) is 12.1 Å². The number of carboxylic acids is 1. The lowest BCUT2D eigenvalue weighted by Gasteiger charge is -2.12. The summed E-state index contributed by atoms with van der Waals surface area (Å²) in [5.41, 5.74) is 0.172. The molecule has 134 valence electrons. The molecule has 7 nitrogen and oxygen atoms in total. The second-order valence-electron chi connectivity index (χ2n) is 5.45. The molecular weight excluding hydrogens is 356 g/mol. The van der Waals surface area contributed by atoms with E-state index in [2.05, 4.69) is 4.98 Å². The van der Waals surface area contributed by atoms with Crippen molar-refractivity contribution in [3.63, 3.8) is 0 Å². The van der Waals surface area contributed by atoms with Crippen molar-refractivity contribution in [2.75, 3.05) is 13.7 Å². The number of carbonyl (C=O) groups is 1. The summed E-state index contributed by atoms with van der Waals surface area (Å²) < 4.78 is 12.5. The summed E-state index contributed by atoms with van der Waals surface area (Å²) in [7, 11) is 1.55. The van der Waals surface area contributed by atoms with E-state index in [1.54, 1.807) is 19.2 Å². The number of methoxy groups -OCH3 is 1. The van der Waals surface area contributed by atoms with Crippen molar-refractivity contribution in [2.24, 2.45) is 0 Å². The van der Waals surface area contributed by atoms with Gasteiger partial charge in [-0.25, -0.2) is 4.79 Å². The molecule has 2 aromatic carbocycles. The molecule has 0 saturated heterocycles. The average Bonchev–Trinajstić information content (AvgIpc) is 2.64. The van der Waals surface area contributed by atoms with Crippen LogP contribution in [-0.4, -0.2) is 34.3 Å². The van der Waals surface area contributed by atoms with Crippen molar-refractivity contribution in [3.8, 4) is 11.5 Å². The molecule has 8 heteroatoms. The average molecular weight is 372 g/mol. The first kappa shape index (κ1) is 17.7. The van der Waals surface area contributed by atoms with Crippen LogP contribution in [0.4, 0.5) is 0 Å². The fraction of sp³-hybridized carbons (Fsp3) is 0.167. The number of aromatic nitrogens is 2. The van der Waals surface area contributed by atoms with Crippen molar-refractivity contribution in [3.05, 3.63) is 63.2 Å². The minimum Gasteiger partial charge on any atom is -0.493 e. The van der Waals surface area contributed by atoms with Crippen LogP contribution < -0.4 is 15.0 Å². The second kappa shape index (κ2) is 7.40. The topological polar surface area (TPSA) is 93.6 Å². The van der Waals surface area contributed by atoms with Crippen LogP contribution in [0.25, 0.3) is 10.9 Å². The predicted octanol–water partition coefficient (Wildman–Crippen LogP) is 2.84. The fourth-order valence-corrected chi connectivity index (χ4v) is 2.86. The third-order valence-corrected chi connectivity index (χ3v) is 4.19. The monoisotopic (exact) mass is 372 g/mol. The van der Waals surface area contributed by atoms with E-state index in [0.29, 0.717) is 22.4 Å². The Morgan fingerprint density at radius 2 is 1.96 bits per heavy atom. The molecular formula is C18H16N2O5S. The molecule has 0 aliphatic carbocycles. The molecule has 0 unspecified atom stereocenters. The molecule has 0 fully saturated rings. The number of H-pyrrole nitrogens is 1. The molecule has 0 saturated carbocycles. The molecule has 26 heavy (non-hydrogen) atoms. The first-order valence-corrected chi connectivity index (χ1v) is 8.18. The predicted molar refractivity (Wildman–Crippen MR) is 98.8 cm³/mol.